The van der Waals surface area contributed by atoms with Crippen molar-refractivity contribution in [1.82, 2.24) is 0 Å². The maximum absolute atomic E-state index is 12.1. The van der Waals surface area contributed by atoms with Crippen molar-refractivity contribution in [2.45, 2.75) is 24.2 Å². The van der Waals surface area contributed by atoms with Crippen LogP contribution in [0.4, 0.5) is 0 Å². The highest BCUT2D eigenvalue weighted by molar-refractivity contribution is 6.02. The lowest BCUT2D eigenvalue weighted by atomic mass is 9.98. The number of hydrogen-bond donors (Lipinski definition) is 2. The Bertz CT molecular complexity index is 608. The van der Waals surface area contributed by atoms with Gasteiger partial charge in [0.05, 0.1) is 18.3 Å². The van der Waals surface area contributed by atoms with E-state index in [1.807, 2.05) is 0 Å². The maximum atomic E-state index is 12.1. The van der Waals surface area contributed by atoms with Gasteiger partial charge >= 0.3 is 5.97 Å². The predicted octanol–water partition coefficient (Wildman–Crippen LogP) is 0.191. The summed E-state index contributed by atoms with van der Waals surface area (Å²) in [7, 11) is 0. The molecular weight excluding hydrogens is 276 g/mol. The van der Waals surface area contributed by atoms with Crippen LogP contribution in [-0.4, -0.2) is 46.4 Å². The molecule has 21 heavy (non-hydrogen) atoms. The number of esters is 1. The molecule has 3 atom stereocenters. The number of aliphatic hydroxyl groups is 2. The Morgan fingerprint density at radius 1 is 1.38 bits per heavy atom. The van der Waals surface area contributed by atoms with E-state index in [2.05, 4.69) is 0 Å². The minimum absolute atomic E-state index is 0.0717. The Morgan fingerprint density at radius 2 is 2.10 bits per heavy atom. The topological polar surface area (TPSA) is 93.1 Å². The second-order valence-corrected chi connectivity index (χ2v) is 5.10. The van der Waals surface area contributed by atoms with Gasteiger partial charge in [-0.3, -0.25) is 4.79 Å². The lowest BCUT2D eigenvalue weighted by Crippen LogP contribution is -2.45. The van der Waals surface area contributed by atoms with Gasteiger partial charge in [0.1, 0.15) is 11.7 Å². The van der Waals surface area contributed by atoms with Crippen LogP contribution in [0.3, 0.4) is 0 Å². The normalized spacial score (nSPS) is 31.0. The number of rotatable bonds is 3. The zero-order chi connectivity index (χ0) is 15.0. The SMILES string of the molecule is O=C(OC1=C[C@]2(CO)O[C@H](C[C@H]2O)C1=O)c1ccccc1. The summed E-state index contributed by atoms with van der Waals surface area (Å²) < 4.78 is 10.5. The summed E-state index contributed by atoms with van der Waals surface area (Å²) in [5.74, 6) is -1.36. The molecule has 0 aliphatic carbocycles. The van der Waals surface area contributed by atoms with E-state index in [0.29, 0.717) is 5.56 Å². The van der Waals surface area contributed by atoms with Gasteiger partial charge in [-0.2, -0.15) is 0 Å². The Balaban J connectivity index is 1.87. The van der Waals surface area contributed by atoms with Crippen molar-refractivity contribution in [3.63, 3.8) is 0 Å². The number of carbonyl (C=O) groups is 2. The first-order valence-electron chi connectivity index (χ1n) is 6.57. The summed E-state index contributed by atoms with van der Waals surface area (Å²) >= 11 is 0. The van der Waals surface area contributed by atoms with Crippen molar-refractivity contribution in [3.8, 4) is 0 Å². The average Bonchev–Trinajstić information content (AvgIpc) is 2.79. The molecule has 6 heteroatoms. The molecule has 2 heterocycles. The van der Waals surface area contributed by atoms with Gasteiger partial charge < -0.3 is 19.7 Å². The second kappa shape index (κ2) is 5.07. The fourth-order valence-electron chi connectivity index (χ4n) is 2.54. The van der Waals surface area contributed by atoms with Gasteiger partial charge in [0, 0.05) is 6.42 Å². The zero-order valence-corrected chi connectivity index (χ0v) is 11.1. The van der Waals surface area contributed by atoms with Crippen LogP contribution in [0.1, 0.15) is 16.8 Å². The summed E-state index contributed by atoms with van der Waals surface area (Å²) in [6.07, 6.45) is -0.632. The minimum atomic E-state index is -1.37. The third kappa shape index (κ3) is 2.27. The van der Waals surface area contributed by atoms with Crippen molar-refractivity contribution in [1.29, 1.82) is 0 Å². The lowest BCUT2D eigenvalue weighted by molar-refractivity contribution is -0.140. The van der Waals surface area contributed by atoms with Crippen LogP contribution in [0.5, 0.6) is 0 Å². The molecule has 6 nitrogen and oxygen atoms in total. The number of Topliss-reactive ketones (excluding diaryl/α,β-unsaturated/α-hetero) is 1. The Kier molecular flexibility index (Phi) is 3.36. The Morgan fingerprint density at radius 3 is 2.76 bits per heavy atom. The molecule has 3 rings (SSSR count). The van der Waals surface area contributed by atoms with Gasteiger partial charge in [-0.15, -0.1) is 0 Å². The van der Waals surface area contributed by atoms with Gasteiger partial charge in [-0.05, 0) is 18.2 Å². The first kappa shape index (κ1) is 13.9. The molecule has 0 aromatic heterocycles. The number of ketones is 1. The van der Waals surface area contributed by atoms with Crippen LogP contribution >= 0.6 is 0 Å². The Hall–Kier alpha value is -2.02. The van der Waals surface area contributed by atoms with Crippen molar-refractivity contribution in [2.75, 3.05) is 6.61 Å². The molecule has 2 aliphatic heterocycles. The predicted molar refractivity (Wildman–Crippen MR) is 70.3 cm³/mol. The fraction of sp³-hybridized carbons (Fsp3) is 0.333. The molecule has 2 bridgehead atoms. The molecule has 110 valence electrons. The van der Waals surface area contributed by atoms with E-state index in [0.717, 1.165) is 0 Å². The minimum Gasteiger partial charge on any atom is -0.419 e. The van der Waals surface area contributed by atoms with Gasteiger partial charge in [0.2, 0.25) is 5.78 Å². The summed E-state index contributed by atoms with van der Waals surface area (Å²) in [5, 5.41) is 19.3. The average molecular weight is 290 g/mol. The molecule has 2 N–H and O–H groups in total. The highest BCUT2D eigenvalue weighted by Crippen LogP contribution is 2.38. The van der Waals surface area contributed by atoms with E-state index in [1.54, 1.807) is 30.3 Å². The molecule has 1 aromatic rings. The van der Waals surface area contributed by atoms with Gasteiger partial charge in [0.25, 0.3) is 0 Å². The number of hydrogen-bond acceptors (Lipinski definition) is 6. The number of aliphatic hydroxyl groups excluding tert-OH is 2. The third-order valence-corrected chi connectivity index (χ3v) is 3.73. The largest absolute Gasteiger partial charge is 0.419 e. The quantitative estimate of drug-likeness (QED) is 0.772. The summed E-state index contributed by atoms with van der Waals surface area (Å²) in [6.45, 7) is -0.496. The van der Waals surface area contributed by atoms with Gasteiger partial charge in [-0.1, -0.05) is 18.2 Å². The highest BCUT2D eigenvalue weighted by atomic mass is 16.6. The van der Waals surface area contributed by atoms with Crippen LogP contribution in [0.2, 0.25) is 0 Å². The van der Waals surface area contributed by atoms with Crippen molar-refractivity contribution < 1.29 is 29.3 Å². The molecule has 1 saturated heterocycles. The zero-order valence-electron chi connectivity index (χ0n) is 11.1. The maximum Gasteiger partial charge on any atom is 0.343 e. The number of fused-ring (bicyclic) bond motifs is 2. The highest BCUT2D eigenvalue weighted by Gasteiger charge is 2.54. The first-order chi connectivity index (χ1) is 10.1. The van der Waals surface area contributed by atoms with Gasteiger partial charge in [-0.25, -0.2) is 4.79 Å². The lowest BCUT2D eigenvalue weighted by Gasteiger charge is -2.30. The van der Waals surface area contributed by atoms with E-state index >= 15 is 0 Å². The molecule has 0 unspecified atom stereocenters. The van der Waals surface area contributed by atoms with E-state index < -0.39 is 36.2 Å². The smallest absolute Gasteiger partial charge is 0.343 e. The standard InChI is InChI=1S/C15H14O6/c16-8-15-7-11(13(18)10(21-15)6-12(15)17)20-14(19)9-4-2-1-3-5-9/h1-5,7,10,12,16-17H,6,8H2/t10-,12-,15-/m1/s1. The summed E-state index contributed by atoms with van der Waals surface area (Å²) in [6, 6.07) is 8.25. The molecule has 0 spiro atoms. The van der Waals surface area contributed by atoms with E-state index in [9.17, 15) is 19.8 Å². The Labute approximate surface area is 120 Å². The van der Waals surface area contributed by atoms with Crippen molar-refractivity contribution in [2.24, 2.45) is 0 Å². The van der Waals surface area contributed by atoms with Crippen LogP contribution < -0.4 is 0 Å². The molecule has 2 aliphatic rings. The molecule has 1 aromatic carbocycles. The van der Waals surface area contributed by atoms with Crippen LogP contribution in [0, 0.1) is 0 Å². The second-order valence-electron chi connectivity index (χ2n) is 5.10. The van der Waals surface area contributed by atoms with E-state index in [1.165, 1.54) is 6.08 Å². The van der Waals surface area contributed by atoms with Crippen LogP contribution in [-0.2, 0) is 14.3 Å². The number of carbonyl (C=O) groups excluding carboxylic acids is 2. The van der Waals surface area contributed by atoms with Gasteiger partial charge in [0.15, 0.2) is 5.76 Å². The molecule has 0 amide bonds. The molecule has 1 fully saturated rings. The van der Waals surface area contributed by atoms with Crippen LogP contribution in [0.15, 0.2) is 42.2 Å². The van der Waals surface area contributed by atoms with E-state index in [-0.39, 0.29) is 12.2 Å². The van der Waals surface area contributed by atoms with E-state index in [4.69, 9.17) is 9.47 Å². The van der Waals surface area contributed by atoms with Crippen molar-refractivity contribution in [3.05, 3.63) is 47.7 Å². The summed E-state index contributed by atoms with van der Waals surface area (Å²) in [5.41, 5.74) is -1.06. The monoisotopic (exact) mass is 290 g/mol. The molecule has 0 saturated carbocycles. The first-order valence-corrected chi connectivity index (χ1v) is 6.57. The molecular formula is C15H14O6. The van der Waals surface area contributed by atoms with Crippen molar-refractivity contribution >= 4 is 11.8 Å². The molecule has 0 radical (unpaired) electrons. The number of ether oxygens (including phenoxy) is 2. The fourth-order valence-corrected chi connectivity index (χ4v) is 2.54. The number of benzene rings is 1. The van der Waals surface area contributed by atoms with Crippen LogP contribution in [0.25, 0.3) is 0 Å². The third-order valence-electron chi connectivity index (χ3n) is 3.73. The summed E-state index contributed by atoms with van der Waals surface area (Å²) in [4.78, 5) is 24.1.